The van der Waals surface area contributed by atoms with Gasteiger partial charge in [0.1, 0.15) is 16.9 Å². The van der Waals surface area contributed by atoms with Gasteiger partial charge >= 0.3 is 0 Å². The second kappa shape index (κ2) is 8.68. The highest BCUT2D eigenvalue weighted by atomic mass is 16.3. The number of aromatic nitrogens is 3. The highest BCUT2D eigenvalue weighted by Crippen LogP contribution is 2.51. The van der Waals surface area contributed by atoms with Gasteiger partial charge in [0.25, 0.3) is 0 Å². The van der Waals surface area contributed by atoms with E-state index in [0.717, 1.165) is 55.9 Å². The maximum atomic E-state index is 6.52. The minimum Gasteiger partial charge on any atom is -0.456 e. The van der Waals surface area contributed by atoms with Crippen LogP contribution in [0.1, 0.15) is 0 Å². The van der Waals surface area contributed by atoms with Crippen molar-refractivity contribution >= 4 is 65.6 Å². The Hall–Kier alpha value is -6.26. The van der Waals surface area contributed by atoms with Gasteiger partial charge in [0.15, 0.2) is 5.82 Å². The summed E-state index contributed by atoms with van der Waals surface area (Å²) in [4.78, 5) is 10.7. The first-order chi connectivity index (χ1) is 22.8. The molecule has 3 heterocycles. The number of furan rings is 1. The molecule has 4 nitrogen and oxygen atoms in total. The predicted molar refractivity (Wildman–Crippen MR) is 189 cm³/mol. The SMILES string of the molecule is c1ccc(-c2cccc(-c3nc4ccccc4nc3-n3c4cccc5c4c4c6c(ccc43)oc3ccc4cccc-5c4c36)c2)cc1. The number of rotatable bonds is 3. The zero-order valence-electron chi connectivity index (χ0n) is 24.5. The Morgan fingerprint density at radius 2 is 1.09 bits per heavy atom. The molecule has 46 heavy (non-hydrogen) atoms. The van der Waals surface area contributed by atoms with E-state index in [0.29, 0.717) is 0 Å². The standard InChI is InChI=1S/C42H23N3O/c1-2-9-24(10-3-1)26-12-6-13-27(23-26)41-42(44-31-17-5-4-16-30(31)43-41)45-32-18-8-15-29-28-14-7-11-25-19-21-34-39(36(25)28)40-35(46-34)22-20-33(45)38(40)37(29)32/h1-23H. The van der Waals surface area contributed by atoms with Crippen molar-refractivity contribution in [2.45, 2.75) is 0 Å². The van der Waals surface area contributed by atoms with Crippen molar-refractivity contribution in [2.24, 2.45) is 0 Å². The van der Waals surface area contributed by atoms with Crippen molar-refractivity contribution < 1.29 is 4.42 Å². The summed E-state index contributed by atoms with van der Waals surface area (Å²) in [5, 5.41) is 7.24. The third kappa shape index (κ3) is 3.07. The second-order valence-corrected chi connectivity index (χ2v) is 12.1. The van der Waals surface area contributed by atoms with Crippen LogP contribution in [0.3, 0.4) is 0 Å². The first-order valence-corrected chi connectivity index (χ1v) is 15.6. The third-order valence-electron chi connectivity index (χ3n) is 9.69. The molecule has 0 amide bonds. The molecule has 0 atom stereocenters. The number of para-hydroxylation sites is 2. The molecule has 0 aliphatic heterocycles. The smallest absolute Gasteiger partial charge is 0.165 e. The molecule has 0 fully saturated rings. The van der Waals surface area contributed by atoms with Gasteiger partial charge in [-0.05, 0) is 70.1 Å². The highest BCUT2D eigenvalue weighted by Gasteiger charge is 2.27. The average molecular weight is 586 g/mol. The molecule has 1 aliphatic carbocycles. The Morgan fingerprint density at radius 1 is 0.435 bits per heavy atom. The van der Waals surface area contributed by atoms with Gasteiger partial charge in [-0.15, -0.1) is 0 Å². The number of hydrogen-bond donors (Lipinski definition) is 0. The van der Waals surface area contributed by atoms with Crippen molar-refractivity contribution in [3.05, 3.63) is 140 Å². The van der Waals surface area contributed by atoms with Crippen LogP contribution in [0.2, 0.25) is 0 Å². The third-order valence-corrected chi connectivity index (χ3v) is 9.69. The van der Waals surface area contributed by atoms with Gasteiger partial charge in [-0.1, -0.05) is 97.1 Å². The van der Waals surface area contributed by atoms with Gasteiger partial charge in [0, 0.05) is 32.5 Å². The maximum absolute atomic E-state index is 6.52. The molecule has 11 rings (SSSR count). The Bertz CT molecular complexity index is 2910. The fourth-order valence-corrected chi connectivity index (χ4v) is 7.77. The Balaban J connectivity index is 1.31. The topological polar surface area (TPSA) is 43.9 Å². The van der Waals surface area contributed by atoms with Gasteiger partial charge in [0.2, 0.25) is 0 Å². The summed E-state index contributed by atoms with van der Waals surface area (Å²) in [6.45, 7) is 0. The minimum atomic E-state index is 0.812. The lowest BCUT2D eigenvalue weighted by Crippen LogP contribution is -2.04. The predicted octanol–water partition coefficient (Wildman–Crippen LogP) is 11.1. The zero-order valence-corrected chi connectivity index (χ0v) is 24.5. The molecule has 1 aliphatic rings. The van der Waals surface area contributed by atoms with E-state index >= 15 is 0 Å². The monoisotopic (exact) mass is 585 g/mol. The van der Waals surface area contributed by atoms with Crippen molar-refractivity contribution in [2.75, 3.05) is 0 Å². The van der Waals surface area contributed by atoms with Gasteiger partial charge in [-0.25, -0.2) is 9.97 Å². The summed E-state index contributed by atoms with van der Waals surface area (Å²) in [7, 11) is 0. The molecule has 0 unspecified atom stereocenters. The van der Waals surface area contributed by atoms with Crippen LogP contribution in [-0.2, 0) is 0 Å². The fourth-order valence-electron chi connectivity index (χ4n) is 7.77. The quantitative estimate of drug-likeness (QED) is 0.207. The van der Waals surface area contributed by atoms with Gasteiger partial charge in [-0.3, -0.25) is 4.57 Å². The van der Waals surface area contributed by atoms with Crippen LogP contribution >= 0.6 is 0 Å². The average Bonchev–Trinajstić information content (AvgIpc) is 3.63. The zero-order chi connectivity index (χ0) is 29.9. The van der Waals surface area contributed by atoms with E-state index in [9.17, 15) is 0 Å². The van der Waals surface area contributed by atoms with E-state index in [1.54, 1.807) is 0 Å². The summed E-state index contributed by atoms with van der Waals surface area (Å²) < 4.78 is 8.85. The van der Waals surface area contributed by atoms with Crippen LogP contribution in [0.15, 0.2) is 144 Å². The molecule has 212 valence electrons. The van der Waals surface area contributed by atoms with E-state index in [1.165, 1.54) is 49.0 Å². The van der Waals surface area contributed by atoms with Crippen LogP contribution in [0.5, 0.6) is 0 Å². The molecule has 10 aromatic rings. The van der Waals surface area contributed by atoms with Crippen LogP contribution in [-0.4, -0.2) is 14.5 Å². The summed E-state index contributed by atoms with van der Waals surface area (Å²) in [5.74, 6) is 0.812. The lowest BCUT2D eigenvalue weighted by atomic mass is 9.95. The van der Waals surface area contributed by atoms with Gasteiger partial charge in [-0.2, -0.15) is 0 Å². The molecule has 7 aromatic carbocycles. The summed E-state index contributed by atoms with van der Waals surface area (Å²) in [6.07, 6.45) is 0. The lowest BCUT2D eigenvalue weighted by Gasteiger charge is -2.15. The molecular formula is C42H23N3O. The van der Waals surface area contributed by atoms with Crippen molar-refractivity contribution in [1.82, 2.24) is 14.5 Å². The van der Waals surface area contributed by atoms with E-state index in [4.69, 9.17) is 14.4 Å². The summed E-state index contributed by atoms with van der Waals surface area (Å²) >= 11 is 0. The largest absolute Gasteiger partial charge is 0.456 e. The molecule has 0 N–H and O–H groups in total. The lowest BCUT2D eigenvalue weighted by molar-refractivity contribution is 0.669. The van der Waals surface area contributed by atoms with E-state index < -0.39 is 0 Å². The van der Waals surface area contributed by atoms with Crippen LogP contribution in [0, 0.1) is 0 Å². The molecule has 0 spiro atoms. The second-order valence-electron chi connectivity index (χ2n) is 12.1. The maximum Gasteiger partial charge on any atom is 0.165 e. The highest BCUT2D eigenvalue weighted by molar-refractivity contribution is 6.37. The van der Waals surface area contributed by atoms with E-state index in [1.807, 2.05) is 24.3 Å². The first kappa shape index (κ1) is 24.1. The van der Waals surface area contributed by atoms with E-state index in [-0.39, 0.29) is 0 Å². The Labute approximate surface area is 262 Å². The fraction of sp³-hybridized carbons (Fsp3) is 0. The van der Waals surface area contributed by atoms with Gasteiger partial charge < -0.3 is 4.42 Å². The van der Waals surface area contributed by atoms with Crippen molar-refractivity contribution in [3.8, 4) is 39.3 Å². The number of benzene rings is 7. The van der Waals surface area contributed by atoms with E-state index in [2.05, 4.69) is 120 Å². The number of hydrogen-bond acceptors (Lipinski definition) is 3. The molecule has 3 aromatic heterocycles. The minimum absolute atomic E-state index is 0.812. The summed E-state index contributed by atoms with van der Waals surface area (Å²) in [5.41, 5.74) is 12.4. The Kier molecular flexibility index (Phi) is 4.55. The molecule has 0 bridgehead atoms. The van der Waals surface area contributed by atoms with Crippen LogP contribution in [0.25, 0.3) is 105 Å². The molecular weight excluding hydrogens is 562 g/mol. The molecule has 0 radical (unpaired) electrons. The van der Waals surface area contributed by atoms with Gasteiger partial charge in [0.05, 0.1) is 22.1 Å². The molecule has 0 saturated carbocycles. The first-order valence-electron chi connectivity index (χ1n) is 15.6. The molecule has 4 heteroatoms. The molecule has 0 saturated heterocycles. The van der Waals surface area contributed by atoms with Crippen LogP contribution < -0.4 is 0 Å². The van der Waals surface area contributed by atoms with Crippen molar-refractivity contribution in [3.63, 3.8) is 0 Å². The number of fused-ring (bicyclic) bond motifs is 2. The normalized spacial score (nSPS) is 12.3. The van der Waals surface area contributed by atoms with Crippen molar-refractivity contribution in [1.29, 1.82) is 0 Å². The number of nitrogens with zero attached hydrogens (tertiary/aromatic N) is 3. The Morgan fingerprint density at radius 3 is 1.96 bits per heavy atom. The summed E-state index contributed by atoms with van der Waals surface area (Å²) in [6, 6.07) is 49.2. The van der Waals surface area contributed by atoms with Crippen LogP contribution in [0.4, 0.5) is 0 Å².